The molecule has 1 amide bonds. The van der Waals surface area contributed by atoms with E-state index in [2.05, 4.69) is 10.00 Å². The number of amides is 1. The predicted molar refractivity (Wildman–Crippen MR) is 70.9 cm³/mol. The van der Waals surface area contributed by atoms with Crippen LogP contribution in [-0.4, -0.2) is 64.1 Å². The summed E-state index contributed by atoms with van der Waals surface area (Å²) in [5, 5.41) is 4.16. The van der Waals surface area contributed by atoms with Crippen molar-refractivity contribution in [1.29, 1.82) is 0 Å². The molecule has 1 fully saturated rings. The second-order valence-corrected chi connectivity index (χ2v) is 4.93. The summed E-state index contributed by atoms with van der Waals surface area (Å²) in [6.45, 7) is 4.36. The SMILES string of the molecule is Cn1ccc(C(=O)N2CCCN(CCCl)CC2)n1. The first-order valence-corrected chi connectivity index (χ1v) is 6.81. The third kappa shape index (κ3) is 3.23. The van der Waals surface area contributed by atoms with Crippen LogP contribution in [0.5, 0.6) is 0 Å². The van der Waals surface area contributed by atoms with Crippen LogP contribution in [0.15, 0.2) is 12.3 Å². The van der Waals surface area contributed by atoms with Crippen LogP contribution in [0.25, 0.3) is 0 Å². The Hall–Kier alpha value is -1.07. The second-order valence-electron chi connectivity index (χ2n) is 4.55. The lowest BCUT2D eigenvalue weighted by Gasteiger charge is -2.20. The number of alkyl halides is 1. The van der Waals surface area contributed by atoms with Crippen molar-refractivity contribution in [2.45, 2.75) is 6.42 Å². The van der Waals surface area contributed by atoms with Gasteiger partial charge in [-0.15, -0.1) is 11.6 Å². The lowest BCUT2D eigenvalue weighted by molar-refractivity contribution is 0.0755. The van der Waals surface area contributed by atoms with Gasteiger partial charge in [-0.2, -0.15) is 5.10 Å². The maximum Gasteiger partial charge on any atom is 0.274 e. The van der Waals surface area contributed by atoms with Crippen LogP contribution in [0.1, 0.15) is 16.9 Å². The highest BCUT2D eigenvalue weighted by Gasteiger charge is 2.21. The lowest BCUT2D eigenvalue weighted by Crippen LogP contribution is -2.35. The Morgan fingerprint density at radius 2 is 2.22 bits per heavy atom. The maximum absolute atomic E-state index is 12.2. The molecule has 2 rings (SSSR count). The monoisotopic (exact) mass is 270 g/mol. The number of aryl methyl sites for hydroxylation is 1. The van der Waals surface area contributed by atoms with Crippen molar-refractivity contribution >= 4 is 17.5 Å². The van der Waals surface area contributed by atoms with Gasteiger partial charge in [0, 0.05) is 45.3 Å². The highest BCUT2D eigenvalue weighted by Crippen LogP contribution is 2.07. The fourth-order valence-corrected chi connectivity index (χ4v) is 2.45. The Balaban J connectivity index is 1.95. The van der Waals surface area contributed by atoms with Gasteiger partial charge in [-0.1, -0.05) is 0 Å². The molecule has 1 aliphatic heterocycles. The number of rotatable bonds is 3. The number of halogens is 1. The van der Waals surface area contributed by atoms with Crippen molar-refractivity contribution in [3.05, 3.63) is 18.0 Å². The molecule has 100 valence electrons. The molecule has 0 atom stereocenters. The van der Waals surface area contributed by atoms with Crippen LogP contribution < -0.4 is 0 Å². The van der Waals surface area contributed by atoms with Gasteiger partial charge in [-0.25, -0.2) is 0 Å². The van der Waals surface area contributed by atoms with Gasteiger partial charge in [0.1, 0.15) is 5.69 Å². The first-order valence-electron chi connectivity index (χ1n) is 6.28. The zero-order valence-corrected chi connectivity index (χ0v) is 11.4. The van der Waals surface area contributed by atoms with E-state index in [0.717, 1.165) is 39.1 Å². The second kappa shape index (κ2) is 6.20. The number of carbonyl (C=O) groups is 1. The number of hydrogen-bond acceptors (Lipinski definition) is 3. The fourth-order valence-electron chi connectivity index (χ4n) is 2.21. The quantitative estimate of drug-likeness (QED) is 0.763. The zero-order valence-electron chi connectivity index (χ0n) is 10.7. The van der Waals surface area contributed by atoms with Crippen LogP contribution in [0.2, 0.25) is 0 Å². The van der Waals surface area contributed by atoms with Crippen molar-refractivity contribution in [3.8, 4) is 0 Å². The number of carbonyl (C=O) groups excluding carboxylic acids is 1. The molecule has 18 heavy (non-hydrogen) atoms. The molecule has 0 saturated carbocycles. The van der Waals surface area contributed by atoms with E-state index in [0.29, 0.717) is 11.6 Å². The van der Waals surface area contributed by atoms with Gasteiger partial charge in [0.2, 0.25) is 0 Å². The molecule has 0 aromatic carbocycles. The molecule has 6 heteroatoms. The minimum atomic E-state index is 0.0309. The summed E-state index contributed by atoms with van der Waals surface area (Å²) in [5.41, 5.74) is 0.531. The molecule has 5 nitrogen and oxygen atoms in total. The number of hydrogen-bond donors (Lipinski definition) is 0. The Morgan fingerprint density at radius 3 is 2.89 bits per heavy atom. The Kier molecular flexibility index (Phi) is 4.60. The predicted octanol–water partition coefficient (Wildman–Crippen LogP) is 0.807. The lowest BCUT2D eigenvalue weighted by atomic mass is 10.3. The van der Waals surface area contributed by atoms with Gasteiger partial charge >= 0.3 is 0 Å². The van der Waals surface area contributed by atoms with Gasteiger partial charge in [0.05, 0.1) is 0 Å². The molecule has 0 unspecified atom stereocenters. The van der Waals surface area contributed by atoms with Crippen molar-refractivity contribution in [3.63, 3.8) is 0 Å². The summed E-state index contributed by atoms with van der Waals surface area (Å²) >= 11 is 5.75. The highest BCUT2D eigenvalue weighted by molar-refractivity contribution is 6.18. The molecule has 0 bridgehead atoms. The largest absolute Gasteiger partial charge is 0.336 e. The maximum atomic E-state index is 12.2. The van der Waals surface area contributed by atoms with Crippen LogP contribution in [0.3, 0.4) is 0 Å². The first kappa shape index (κ1) is 13.4. The summed E-state index contributed by atoms with van der Waals surface area (Å²) in [5.74, 6) is 0.678. The van der Waals surface area contributed by atoms with Crippen molar-refractivity contribution in [1.82, 2.24) is 19.6 Å². The smallest absolute Gasteiger partial charge is 0.274 e. The molecule has 0 radical (unpaired) electrons. The molecule has 1 aromatic rings. The Labute approximate surface area is 112 Å². The van der Waals surface area contributed by atoms with E-state index in [-0.39, 0.29) is 5.91 Å². The van der Waals surface area contributed by atoms with Gasteiger partial charge in [0.15, 0.2) is 0 Å². The third-order valence-electron chi connectivity index (χ3n) is 3.21. The van der Waals surface area contributed by atoms with Crippen LogP contribution in [0.4, 0.5) is 0 Å². The normalized spacial score (nSPS) is 17.8. The standard InChI is InChI=1S/C12H19ClN4O/c1-15-7-3-11(14-15)12(18)17-6-2-5-16(8-4-13)9-10-17/h3,7H,2,4-6,8-10H2,1H3. The molecular formula is C12H19ClN4O. The molecule has 1 saturated heterocycles. The van der Waals surface area contributed by atoms with E-state index in [1.807, 2.05) is 11.9 Å². The first-order chi connectivity index (χ1) is 8.70. The molecular weight excluding hydrogens is 252 g/mol. The summed E-state index contributed by atoms with van der Waals surface area (Å²) in [6.07, 6.45) is 2.79. The Morgan fingerprint density at radius 1 is 1.39 bits per heavy atom. The summed E-state index contributed by atoms with van der Waals surface area (Å²) in [6, 6.07) is 1.77. The number of aromatic nitrogens is 2. The van der Waals surface area contributed by atoms with Gasteiger partial charge in [0.25, 0.3) is 5.91 Å². The van der Waals surface area contributed by atoms with E-state index in [1.165, 1.54) is 0 Å². The van der Waals surface area contributed by atoms with Gasteiger partial charge < -0.3 is 9.80 Å². The summed E-state index contributed by atoms with van der Waals surface area (Å²) in [7, 11) is 1.82. The van der Waals surface area contributed by atoms with Gasteiger partial charge in [-0.3, -0.25) is 9.48 Å². The fraction of sp³-hybridized carbons (Fsp3) is 0.667. The molecule has 1 aromatic heterocycles. The van der Waals surface area contributed by atoms with Crippen molar-refractivity contribution in [2.75, 3.05) is 38.6 Å². The number of nitrogens with zero attached hydrogens (tertiary/aromatic N) is 4. The topological polar surface area (TPSA) is 41.4 Å². The van der Waals surface area contributed by atoms with Crippen LogP contribution in [-0.2, 0) is 7.05 Å². The average molecular weight is 271 g/mol. The highest BCUT2D eigenvalue weighted by atomic mass is 35.5. The zero-order chi connectivity index (χ0) is 13.0. The van der Waals surface area contributed by atoms with Crippen LogP contribution >= 0.6 is 11.6 Å². The Bertz CT molecular complexity index is 407. The summed E-state index contributed by atoms with van der Waals surface area (Å²) < 4.78 is 1.66. The molecule has 0 spiro atoms. The molecule has 0 N–H and O–H groups in total. The van der Waals surface area contributed by atoms with E-state index in [4.69, 9.17) is 11.6 Å². The third-order valence-corrected chi connectivity index (χ3v) is 3.38. The summed E-state index contributed by atoms with van der Waals surface area (Å²) in [4.78, 5) is 16.4. The molecule has 2 heterocycles. The van der Waals surface area contributed by atoms with E-state index in [9.17, 15) is 4.79 Å². The van der Waals surface area contributed by atoms with Crippen molar-refractivity contribution in [2.24, 2.45) is 7.05 Å². The average Bonchev–Trinajstić information content (AvgIpc) is 2.65. The van der Waals surface area contributed by atoms with Crippen molar-refractivity contribution < 1.29 is 4.79 Å². The minimum absolute atomic E-state index is 0.0309. The molecule has 0 aliphatic carbocycles. The van der Waals surface area contributed by atoms with E-state index < -0.39 is 0 Å². The van der Waals surface area contributed by atoms with Crippen LogP contribution in [0, 0.1) is 0 Å². The van der Waals surface area contributed by atoms with E-state index >= 15 is 0 Å². The minimum Gasteiger partial charge on any atom is -0.336 e. The van der Waals surface area contributed by atoms with E-state index in [1.54, 1.807) is 16.9 Å². The molecule has 1 aliphatic rings. The van der Waals surface area contributed by atoms with Gasteiger partial charge in [-0.05, 0) is 19.0 Å².